The van der Waals surface area contributed by atoms with Crippen LogP contribution in [0.3, 0.4) is 0 Å². The number of hydrogen-bond donors (Lipinski definition) is 3. The third kappa shape index (κ3) is 4.05. The lowest BCUT2D eigenvalue weighted by atomic mass is 10.2. The molecule has 1 aromatic rings. The third-order valence-corrected chi connectivity index (χ3v) is 4.61. The average Bonchev–Trinajstić information content (AvgIpc) is 3.02. The SMILES string of the molecule is COCCC(C)NC(=O)c1sc(N2CCC(N)C2)nc1N. The van der Waals surface area contributed by atoms with E-state index in [0.29, 0.717) is 11.5 Å². The van der Waals surface area contributed by atoms with Crippen LogP contribution in [0.5, 0.6) is 0 Å². The molecule has 2 heterocycles. The fourth-order valence-corrected chi connectivity index (χ4v) is 3.16. The molecule has 1 saturated heterocycles. The Morgan fingerprint density at radius 2 is 2.43 bits per heavy atom. The molecule has 1 fully saturated rings. The zero-order valence-electron chi connectivity index (χ0n) is 12.5. The predicted octanol–water partition coefficient (Wildman–Crippen LogP) is 0.418. The average molecular weight is 313 g/mol. The van der Waals surface area contributed by atoms with Crippen LogP contribution in [-0.2, 0) is 4.74 Å². The quantitative estimate of drug-likeness (QED) is 0.702. The van der Waals surface area contributed by atoms with Gasteiger partial charge in [0.1, 0.15) is 10.7 Å². The molecule has 1 aromatic heterocycles. The maximum absolute atomic E-state index is 12.2. The summed E-state index contributed by atoms with van der Waals surface area (Å²) >= 11 is 1.32. The van der Waals surface area contributed by atoms with Crippen molar-refractivity contribution in [3.05, 3.63) is 4.88 Å². The van der Waals surface area contributed by atoms with Crippen molar-refractivity contribution in [2.75, 3.05) is 37.4 Å². The first-order chi connectivity index (χ1) is 10.0. The molecule has 0 bridgehead atoms. The Balaban J connectivity index is 1.99. The second-order valence-corrected chi connectivity index (χ2v) is 6.34. The first-order valence-electron chi connectivity index (χ1n) is 7.08. The second-order valence-electron chi connectivity index (χ2n) is 5.36. The molecular weight excluding hydrogens is 290 g/mol. The minimum Gasteiger partial charge on any atom is -0.385 e. The van der Waals surface area contributed by atoms with Crippen LogP contribution < -0.4 is 21.7 Å². The van der Waals surface area contributed by atoms with Crippen molar-refractivity contribution in [2.45, 2.75) is 31.8 Å². The zero-order valence-corrected chi connectivity index (χ0v) is 13.3. The molecule has 0 aromatic carbocycles. The van der Waals surface area contributed by atoms with Crippen molar-refractivity contribution in [3.8, 4) is 0 Å². The van der Waals surface area contributed by atoms with Gasteiger partial charge in [-0.25, -0.2) is 4.98 Å². The van der Waals surface area contributed by atoms with Crippen molar-refractivity contribution in [2.24, 2.45) is 5.73 Å². The topological polar surface area (TPSA) is 106 Å². The van der Waals surface area contributed by atoms with E-state index in [-0.39, 0.29) is 23.8 Å². The number of aromatic nitrogens is 1. The van der Waals surface area contributed by atoms with Gasteiger partial charge in [-0.1, -0.05) is 11.3 Å². The summed E-state index contributed by atoms with van der Waals surface area (Å²) in [7, 11) is 1.64. The molecule has 1 amide bonds. The summed E-state index contributed by atoms with van der Waals surface area (Å²) in [6.07, 6.45) is 1.70. The predicted molar refractivity (Wildman–Crippen MR) is 84.8 cm³/mol. The number of hydrogen-bond acceptors (Lipinski definition) is 7. The molecule has 118 valence electrons. The van der Waals surface area contributed by atoms with Gasteiger partial charge in [-0.3, -0.25) is 4.79 Å². The number of rotatable bonds is 6. The van der Waals surface area contributed by atoms with Crippen molar-refractivity contribution in [3.63, 3.8) is 0 Å². The van der Waals surface area contributed by atoms with Crippen LogP contribution >= 0.6 is 11.3 Å². The minimum atomic E-state index is -0.177. The summed E-state index contributed by atoms with van der Waals surface area (Å²) in [6, 6.07) is 0.198. The summed E-state index contributed by atoms with van der Waals surface area (Å²) in [5.74, 6) is 0.107. The van der Waals surface area contributed by atoms with Crippen LogP contribution in [0.15, 0.2) is 0 Å². The molecule has 2 unspecified atom stereocenters. The van der Waals surface area contributed by atoms with E-state index in [1.807, 2.05) is 6.92 Å². The highest BCUT2D eigenvalue weighted by molar-refractivity contribution is 7.18. The molecule has 2 rings (SSSR count). The summed E-state index contributed by atoms with van der Waals surface area (Å²) in [5, 5.41) is 3.69. The lowest BCUT2D eigenvalue weighted by Crippen LogP contribution is -2.33. The van der Waals surface area contributed by atoms with Crippen LogP contribution in [0.25, 0.3) is 0 Å². The van der Waals surface area contributed by atoms with Gasteiger partial charge in [0, 0.05) is 38.9 Å². The maximum atomic E-state index is 12.2. The molecule has 8 heteroatoms. The lowest BCUT2D eigenvalue weighted by molar-refractivity contribution is 0.0934. The van der Waals surface area contributed by atoms with Crippen molar-refractivity contribution < 1.29 is 9.53 Å². The van der Waals surface area contributed by atoms with Gasteiger partial charge in [0.2, 0.25) is 0 Å². The van der Waals surface area contributed by atoms with Crippen LogP contribution in [0.2, 0.25) is 0 Å². The Kier molecular flexibility index (Phi) is 5.38. The molecule has 2 atom stereocenters. The van der Waals surface area contributed by atoms with E-state index in [0.717, 1.165) is 31.1 Å². The Labute approximate surface area is 128 Å². The number of anilines is 2. The number of carbonyl (C=O) groups excluding carboxylic acids is 1. The largest absolute Gasteiger partial charge is 0.385 e. The molecule has 0 aliphatic carbocycles. The number of carbonyl (C=O) groups is 1. The fraction of sp³-hybridized carbons (Fsp3) is 0.692. The summed E-state index contributed by atoms with van der Waals surface area (Å²) < 4.78 is 5.00. The van der Waals surface area contributed by atoms with E-state index in [1.165, 1.54) is 11.3 Å². The van der Waals surface area contributed by atoms with E-state index in [2.05, 4.69) is 15.2 Å². The number of nitrogens with zero attached hydrogens (tertiary/aromatic N) is 2. The maximum Gasteiger partial charge on any atom is 0.265 e. The van der Waals surface area contributed by atoms with Gasteiger partial charge in [-0.05, 0) is 19.8 Å². The highest BCUT2D eigenvalue weighted by Gasteiger charge is 2.25. The normalized spacial score (nSPS) is 19.8. The van der Waals surface area contributed by atoms with Gasteiger partial charge in [-0.15, -0.1) is 0 Å². The van der Waals surface area contributed by atoms with E-state index in [4.69, 9.17) is 16.2 Å². The van der Waals surface area contributed by atoms with Gasteiger partial charge < -0.3 is 26.4 Å². The highest BCUT2D eigenvalue weighted by atomic mass is 32.1. The molecule has 7 nitrogen and oxygen atoms in total. The van der Waals surface area contributed by atoms with Crippen LogP contribution in [-0.4, -0.2) is 49.8 Å². The molecule has 21 heavy (non-hydrogen) atoms. The Morgan fingerprint density at radius 3 is 3.05 bits per heavy atom. The minimum absolute atomic E-state index is 0.0302. The molecule has 1 aliphatic heterocycles. The Morgan fingerprint density at radius 1 is 1.67 bits per heavy atom. The number of nitrogen functional groups attached to an aromatic ring is 1. The number of amides is 1. The number of ether oxygens (including phenoxy) is 1. The molecule has 0 radical (unpaired) electrons. The monoisotopic (exact) mass is 313 g/mol. The van der Waals surface area contributed by atoms with Gasteiger partial charge in [0.15, 0.2) is 5.13 Å². The second kappa shape index (κ2) is 7.06. The molecule has 0 saturated carbocycles. The van der Waals surface area contributed by atoms with Crippen LogP contribution in [0.1, 0.15) is 29.4 Å². The van der Waals surface area contributed by atoms with Crippen molar-refractivity contribution >= 4 is 28.2 Å². The van der Waals surface area contributed by atoms with Crippen molar-refractivity contribution in [1.29, 1.82) is 0 Å². The summed E-state index contributed by atoms with van der Waals surface area (Å²) in [6.45, 7) is 4.17. The Hall–Kier alpha value is -1.38. The number of nitrogens with one attached hydrogen (secondary N) is 1. The van der Waals surface area contributed by atoms with Gasteiger partial charge >= 0.3 is 0 Å². The first kappa shape index (κ1) is 16.0. The summed E-state index contributed by atoms with van der Waals surface area (Å²) in [4.78, 5) is 19.1. The van der Waals surface area contributed by atoms with Gasteiger partial charge in [-0.2, -0.15) is 0 Å². The number of methoxy groups -OCH3 is 1. The van der Waals surface area contributed by atoms with Crippen LogP contribution in [0, 0.1) is 0 Å². The van der Waals surface area contributed by atoms with Crippen LogP contribution in [0.4, 0.5) is 10.9 Å². The van der Waals surface area contributed by atoms with E-state index in [9.17, 15) is 4.79 Å². The molecule has 1 aliphatic rings. The lowest BCUT2D eigenvalue weighted by Gasteiger charge is -2.13. The number of thiazole rings is 1. The first-order valence-corrected chi connectivity index (χ1v) is 7.89. The fourth-order valence-electron chi connectivity index (χ4n) is 2.24. The Bertz CT molecular complexity index is 493. The molecule has 0 spiro atoms. The smallest absolute Gasteiger partial charge is 0.265 e. The molecule has 5 N–H and O–H groups in total. The summed E-state index contributed by atoms with van der Waals surface area (Å²) in [5.41, 5.74) is 11.8. The van der Waals surface area contributed by atoms with Gasteiger partial charge in [0.25, 0.3) is 5.91 Å². The van der Waals surface area contributed by atoms with Crippen molar-refractivity contribution in [1.82, 2.24) is 10.3 Å². The zero-order chi connectivity index (χ0) is 15.4. The van der Waals surface area contributed by atoms with E-state index in [1.54, 1.807) is 7.11 Å². The third-order valence-electron chi connectivity index (χ3n) is 3.48. The highest BCUT2D eigenvalue weighted by Crippen LogP contribution is 2.30. The standard InChI is InChI=1S/C13H23N5O2S/c1-8(4-6-20-2)16-12(19)10-11(15)17-13(21-10)18-5-3-9(14)7-18/h8-9H,3-7,14-15H2,1-2H3,(H,16,19). The van der Waals surface area contributed by atoms with Gasteiger partial charge in [0.05, 0.1) is 0 Å². The number of nitrogens with two attached hydrogens (primary N) is 2. The molecular formula is C13H23N5O2S. The van der Waals surface area contributed by atoms with E-state index >= 15 is 0 Å². The van der Waals surface area contributed by atoms with E-state index < -0.39 is 0 Å².